The highest BCUT2D eigenvalue weighted by molar-refractivity contribution is 5.93. The van der Waals surface area contributed by atoms with Crippen molar-refractivity contribution in [1.29, 1.82) is 0 Å². The lowest BCUT2D eigenvalue weighted by Gasteiger charge is -2.21. The number of fused-ring (bicyclic) bond motifs is 1. The van der Waals surface area contributed by atoms with Crippen LogP contribution in [-0.4, -0.2) is 12.4 Å². The Bertz CT molecular complexity index is 503. The Balaban J connectivity index is 2.05. The topological polar surface area (TPSA) is 26.3 Å². The van der Waals surface area contributed by atoms with Crippen molar-refractivity contribution in [3.05, 3.63) is 29.1 Å². The summed E-state index contributed by atoms with van der Waals surface area (Å²) >= 11 is 0. The fourth-order valence-corrected chi connectivity index (χ4v) is 2.90. The zero-order chi connectivity index (χ0) is 12.8. The molecule has 3 rings (SSSR count). The van der Waals surface area contributed by atoms with Crippen molar-refractivity contribution in [2.45, 2.75) is 44.4 Å². The first-order valence-electron chi connectivity index (χ1n) is 6.66. The second kappa shape index (κ2) is 4.08. The molecule has 1 aromatic carbocycles. The number of Topliss-reactive ketones (excluding diaryl/α,β-unsaturated/α-hetero) is 1. The first-order valence-corrected chi connectivity index (χ1v) is 6.66. The molecule has 0 radical (unpaired) electrons. The van der Waals surface area contributed by atoms with Gasteiger partial charge in [0.2, 0.25) is 0 Å². The van der Waals surface area contributed by atoms with Crippen LogP contribution in [0.25, 0.3) is 0 Å². The number of ether oxygens (including phenoxy) is 1. The maximum Gasteiger partial charge on any atom is 0.143 e. The monoisotopic (exact) mass is 248 g/mol. The van der Waals surface area contributed by atoms with Crippen LogP contribution in [0.4, 0.5) is 4.39 Å². The predicted octanol–water partition coefficient (Wildman–Crippen LogP) is 3.16. The zero-order valence-electron chi connectivity index (χ0n) is 10.6. The van der Waals surface area contributed by atoms with E-state index in [0.29, 0.717) is 24.3 Å². The summed E-state index contributed by atoms with van der Waals surface area (Å²) in [6.45, 7) is 2.51. The molecule has 1 saturated carbocycles. The summed E-state index contributed by atoms with van der Waals surface area (Å²) in [5, 5.41) is 0. The molecule has 3 heteroatoms. The smallest absolute Gasteiger partial charge is 0.143 e. The molecule has 1 heterocycles. The Hall–Kier alpha value is -1.38. The van der Waals surface area contributed by atoms with Crippen LogP contribution < -0.4 is 4.74 Å². The van der Waals surface area contributed by atoms with Crippen molar-refractivity contribution in [3.8, 4) is 5.75 Å². The normalized spacial score (nSPS) is 19.9. The van der Waals surface area contributed by atoms with Gasteiger partial charge in [0.1, 0.15) is 17.3 Å². The number of carbonyl (C=O) groups excluding carboxylic acids is 1. The molecule has 0 unspecified atom stereocenters. The number of ketones is 1. The highest BCUT2D eigenvalue weighted by Crippen LogP contribution is 2.51. The van der Waals surface area contributed by atoms with Gasteiger partial charge in [-0.15, -0.1) is 0 Å². The molecule has 0 atom stereocenters. The van der Waals surface area contributed by atoms with Crippen LogP contribution in [0.15, 0.2) is 12.1 Å². The number of hydrogen-bond acceptors (Lipinski definition) is 2. The van der Waals surface area contributed by atoms with Gasteiger partial charge in [-0.1, -0.05) is 6.92 Å². The summed E-state index contributed by atoms with van der Waals surface area (Å²) in [7, 11) is 0. The molecule has 1 fully saturated rings. The van der Waals surface area contributed by atoms with E-state index in [2.05, 4.69) is 0 Å². The Labute approximate surface area is 106 Å². The Morgan fingerprint density at radius 1 is 1.44 bits per heavy atom. The molecule has 1 aliphatic carbocycles. The third-order valence-corrected chi connectivity index (χ3v) is 4.12. The molecule has 1 aromatic rings. The average molecular weight is 248 g/mol. The quantitative estimate of drug-likeness (QED) is 0.821. The Morgan fingerprint density at radius 3 is 2.89 bits per heavy atom. The molecule has 0 N–H and O–H groups in total. The second-order valence-electron chi connectivity index (χ2n) is 5.25. The molecule has 2 aliphatic rings. The summed E-state index contributed by atoms with van der Waals surface area (Å²) in [6, 6.07) is 3.33. The van der Waals surface area contributed by atoms with Crippen molar-refractivity contribution in [3.63, 3.8) is 0 Å². The van der Waals surface area contributed by atoms with Gasteiger partial charge >= 0.3 is 0 Å². The predicted molar refractivity (Wildman–Crippen MR) is 66.4 cm³/mol. The molecule has 0 bridgehead atoms. The lowest BCUT2D eigenvalue weighted by atomic mass is 9.87. The van der Waals surface area contributed by atoms with Gasteiger partial charge in [-0.3, -0.25) is 4.79 Å². The minimum absolute atomic E-state index is 0.165. The minimum atomic E-state index is -0.523. The van der Waals surface area contributed by atoms with Gasteiger partial charge in [0.25, 0.3) is 0 Å². The summed E-state index contributed by atoms with van der Waals surface area (Å²) < 4.78 is 19.6. The fourth-order valence-electron chi connectivity index (χ4n) is 2.90. The van der Waals surface area contributed by atoms with E-state index in [1.165, 1.54) is 6.07 Å². The second-order valence-corrected chi connectivity index (χ2v) is 5.25. The number of aryl methyl sites for hydroxylation is 1. The van der Waals surface area contributed by atoms with E-state index >= 15 is 0 Å². The van der Waals surface area contributed by atoms with Gasteiger partial charge in [-0.05, 0) is 37.3 Å². The molecule has 18 heavy (non-hydrogen) atoms. The van der Waals surface area contributed by atoms with Crippen molar-refractivity contribution < 1.29 is 13.9 Å². The first kappa shape index (κ1) is 11.7. The standard InChI is InChI=1S/C15H17FO2/c1-2-14(17)15(5-6-15)11-8-10-4-3-7-18-13(10)9-12(11)16/h8-9H,2-7H2,1H3. The number of carbonyl (C=O) groups is 1. The van der Waals surface area contributed by atoms with Gasteiger partial charge in [-0.25, -0.2) is 4.39 Å². The van der Waals surface area contributed by atoms with Crippen LogP contribution in [0.2, 0.25) is 0 Å². The summed E-state index contributed by atoms with van der Waals surface area (Å²) in [5.41, 5.74) is 1.12. The molecule has 0 amide bonds. The Morgan fingerprint density at radius 2 is 2.22 bits per heavy atom. The van der Waals surface area contributed by atoms with Crippen LogP contribution in [0, 0.1) is 5.82 Å². The highest BCUT2D eigenvalue weighted by Gasteiger charge is 2.51. The molecular formula is C15H17FO2. The Kier molecular flexibility index (Phi) is 2.65. The molecule has 96 valence electrons. The van der Waals surface area contributed by atoms with E-state index < -0.39 is 5.41 Å². The van der Waals surface area contributed by atoms with Crippen LogP contribution >= 0.6 is 0 Å². The van der Waals surface area contributed by atoms with Crippen molar-refractivity contribution in [2.24, 2.45) is 0 Å². The van der Waals surface area contributed by atoms with E-state index in [4.69, 9.17) is 4.74 Å². The molecule has 1 aliphatic heterocycles. The average Bonchev–Trinajstić information content (AvgIpc) is 3.18. The van der Waals surface area contributed by atoms with Crippen LogP contribution in [0.5, 0.6) is 5.75 Å². The van der Waals surface area contributed by atoms with E-state index in [-0.39, 0.29) is 11.6 Å². The van der Waals surface area contributed by atoms with E-state index in [1.54, 1.807) is 0 Å². The fraction of sp³-hybridized carbons (Fsp3) is 0.533. The summed E-state index contributed by atoms with van der Waals surface area (Å²) in [4.78, 5) is 12.0. The van der Waals surface area contributed by atoms with Crippen molar-refractivity contribution >= 4 is 5.78 Å². The van der Waals surface area contributed by atoms with Gasteiger partial charge in [0, 0.05) is 18.1 Å². The van der Waals surface area contributed by atoms with Gasteiger partial charge in [-0.2, -0.15) is 0 Å². The molecule has 0 aromatic heterocycles. The molecular weight excluding hydrogens is 231 g/mol. The number of benzene rings is 1. The number of rotatable bonds is 3. The lowest BCUT2D eigenvalue weighted by Crippen LogP contribution is -2.22. The maximum atomic E-state index is 14.2. The molecule has 0 spiro atoms. The van der Waals surface area contributed by atoms with Crippen molar-refractivity contribution in [2.75, 3.05) is 6.61 Å². The van der Waals surface area contributed by atoms with Gasteiger partial charge < -0.3 is 4.74 Å². The highest BCUT2D eigenvalue weighted by atomic mass is 19.1. The summed E-state index contributed by atoms with van der Waals surface area (Å²) in [5.74, 6) is 0.537. The van der Waals surface area contributed by atoms with Gasteiger partial charge in [0.15, 0.2) is 0 Å². The number of hydrogen-bond donors (Lipinski definition) is 0. The molecule has 2 nitrogen and oxygen atoms in total. The van der Waals surface area contributed by atoms with Gasteiger partial charge in [0.05, 0.1) is 12.0 Å². The van der Waals surface area contributed by atoms with E-state index in [0.717, 1.165) is 31.2 Å². The van der Waals surface area contributed by atoms with E-state index in [1.807, 2.05) is 13.0 Å². The van der Waals surface area contributed by atoms with E-state index in [9.17, 15) is 9.18 Å². The first-order chi connectivity index (χ1) is 8.67. The van der Waals surface area contributed by atoms with Crippen LogP contribution in [-0.2, 0) is 16.6 Å². The largest absolute Gasteiger partial charge is 0.493 e. The maximum absolute atomic E-state index is 14.2. The third-order valence-electron chi connectivity index (χ3n) is 4.12. The zero-order valence-corrected chi connectivity index (χ0v) is 10.6. The summed E-state index contributed by atoms with van der Waals surface area (Å²) in [6.07, 6.45) is 3.94. The van der Waals surface area contributed by atoms with Crippen LogP contribution in [0.3, 0.4) is 0 Å². The lowest BCUT2D eigenvalue weighted by molar-refractivity contribution is -0.121. The van der Waals surface area contributed by atoms with Crippen molar-refractivity contribution in [1.82, 2.24) is 0 Å². The minimum Gasteiger partial charge on any atom is -0.493 e. The van der Waals surface area contributed by atoms with Crippen LogP contribution in [0.1, 0.15) is 43.7 Å². The third kappa shape index (κ3) is 1.64. The number of halogens is 1. The molecule has 0 saturated heterocycles. The SMILES string of the molecule is CCC(=O)C1(c2cc3c(cc2F)OCCC3)CC1.